The van der Waals surface area contributed by atoms with Gasteiger partial charge in [-0.2, -0.15) is 0 Å². The summed E-state index contributed by atoms with van der Waals surface area (Å²) in [5.41, 5.74) is 5.26. The number of para-hydroxylation sites is 1. The molecule has 2 aromatic heterocycles. The third-order valence-corrected chi connectivity index (χ3v) is 6.88. The number of anilines is 1. The maximum absolute atomic E-state index is 13.5. The van der Waals surface area contributed by atoms with Gasteiger partial charge in [-0.3, -0.25) is 14.0 Å². The van der Waals surface area contributed by atoms with Crippen LogP contribution in [0.2, 0.25) is 0 Å². The molecule has 5 aromatic rings. The number of hydrogen-bond donors (Lipinski definition) is 1. The molecule has 1 N–H and O–H groups in total. The molecule has 2 heterocycles. The molecule has 8 heteroatoms. The van der Waals surface area contributed by atoms with Crippen LogP contribution >= 0.6 is 11.8 Å². The van der Waals surface area contributed by atoms with E-state index in [2.05, 4.69) is 22.4 Å². The Morgan fingerprint density at radius 2 is 1.83 bits per heavy atom. The maximum Gasteiger partial charge on any atom is 0.267 e. The van der Waals surface area contributed by atoms with Crippen LogP contribution < -0.4 is 10.9 Å². The molecule has 7 nitrogen and oxygen atoms in total. The molecule has 0 saturated carbocycles. The number of carbonyl (C=O) groups is 1. The van der Waals surface area contributed by atoms with E-state index >= 15 is 0 Å². The van der Waals surface area contributed by atoms with E-state index in [0.717, 1.165) is 34.5 Å². The van der Waals surface area contributed by atoms with Crippen LogP contribution in [0.25, 0.3) is 22.4 Å². The average molecular weight is 484 g/mol. The van der Waals surface area contributed by atoms with Gasteiger partial charge in [0.2, 0.25) is 11.7 Å². The summed E-state index contributed by atoms with van der Waals surface area (Å²) < 4.78 is 3.46. The van der Waals surface area contributed by atoms with Gasteiger partial charge in [0, 0.05) is 5.69 Å². The summed E-state index contributed by atoms with van der Waals surface area (Å²) in [7, 11) is 0. The number of benzene rings is 3. The summed E-state index contributed by atoms with van der Waals surface area (Å²) in [5, 5.41) is 12.8. The number of fused-ring (bicyclic) bond motifs is 3. The second-order valence-electron chi connectivity index (χ2n) is 8.46. The molecule has 1 amide bonds. The number of amides is 1. The summed E-state index contributed by atoms with van der Waals surface area (Å²) in [4.78, 5) is 26.2. The van der Waals surface area contributed by atoms with Gasteiger partial charge in [0.05, 0.1) is 22.3 Å². The normalized spacial score (nSPS) is 11.3. The number of nitrogens with zero attached hydrogens (tertiary/aromatic N) is 4. The van der Waals surface area contributed by atoms with Gasteiger partial charge in [0.1, 0.15) is 0 Å². The molecule has 0 bridgehead atoms. The zero-order valence-corrected chi connectivity index (χ0v) is 20.6. The molecular weight excluding hydrogens is 458 g/mol. The molecule has 0 aliphatic carbocycles. The molecule has 0 aliphatic heterocycles. The first-order valence-corrected chi connectivity index (χ1v) is 12.4. The van der Waals surface area contributed by atoms with E-state index in [-0.39, 0.29) is 17.2 Å². The van der Waals surface area contributed by atoms with Crippen LogP contribution in [0.1, 0.15) is 23.6 Å². The zero-order valence-electron chi connectivity index (χ0n) is 19.8. The molecule has 0 aliphatic rings. The van der Waals surface area contributed by atoms with Crippen molar-refractivity contribution in [1.29, 1.82) is 0 Å². The highest BCUT2D eigenvalue weighted by Crippen LogP contribution is 2.25. The van der Waals surface area contributed by atoms with Crippen LogP contribution in [0, 0.1) is 13.8 Å². The third kappa shape index (κ3) is 4.33. The van der Waals surface area contributed by atoms with Gasteiger partial charge in [0.15, 0.2) is 5.16 Å². The third-order valence-electron chi connectivity index (χ3n) is 5.95. The van der Waals surface area contributed by atoms with E-state index < -0.39 is 0 Å². The van der Waals surface area contributed by atoms with Crippen LogP contribution in [0.15, 0.2) is 76.7 Å². The number of rotatable bonds is 6. The van der Waals surface area contributed by atoms with Gasteiger partial charge in [-0.05, 0) is 67.3 Å². The van der Waals surface area contributed by atoms with E-state index in [0.29, 0.717) is 21.8 Å². The largest absolute Gasteiger partial charge is 0.325 e. The number of aromatic nitrogens is 4. The highest BCUT2D eigenvalue weighted by molar-refractivity contribution is 7.99. The standard InChI is InChI=1S/C27H25N5O2S/c1-4-19-8-7-9-20(15-19)28-24(33)16-35-27-30-29-26-31(23-14-17(2)12-13-18(23)3)25(34)21-10-5-6-11-22(21)32(26)27/h5-15H,4,16H2,1-3H3,(H,28,33). The van der Waals surface area contributed by atoms with Crippen LogP contribution in [0.5, 0.6) is 0 Å². The van der Waals surface area contributed by atoms with Crippen LogP contribution in [0.4, 0.5) is 5.69 Å². The molecule has 0 spiro atoms. The molecule has 0 unspecified atom stereocenters. The molecule has 35 heavy (non-hydrogen) atoms. The second-order valence-corrected chi connectivity index (χ2v) is 9.40. The Morgan fingerprint density at radius 1 is 1.00 bits per heavy atom. The summed E-state index contributed by atoms with van der Waals surface area (Å²) in [6, 6.07) is 21.2. The van der Waals surface area contributed by atoms with Gasteiger partial charge in [0.25, 0.3) is 5.56 Å². The lowest BCUT2D eigenvalue weighted by molar-refractivity contribution is -0.113. The number of thioether (sulfide) groups is 1. The summed E-state index contributed by atoms with van der Waals surface area (Å²) in [6.07, 6.45) is 0.902. The lowest BCUT2D eigenvalue weighted by Crippen LogP contribution is -2.22. The predicted molar refractivity (Wildman–Crippen MR) is 141 cm³/mol. The van der Waals surface area contributed by atoms with Gasteiger partial charge < -0.3 is 5.32 Å². The SMILES string of the molecule is CCc1cccc(NC(=O)CSc2nnc3n(-c4cc(C)ccc4C)c(=O)c4ccccc4n23)c1. The lowest BCUT2D eigenvalue weighted by Gasteiger charge is -2.14. The van der Waals surface area contributed by atoms with Crippen molar-refractivity contribution in [2.75, 3.05) is 11.1 Å². The first-order chi connectivity index (χ1) is 17.0. The highest BCUT2D eigenvalue weighted by Gasteiger charge is 2.19. The molecule has 3 aromatic carbocycles. The lowest BCUT2D eigenvalue weighted by atomic mass is 10.1. The molecule has 0 atom stereocenters. The van der Waals surface area contributed by atoms with E-state index in [1.165, 1.54) is 11.8 Å². The van der Waals surface area contributed by atoms with Gasteiger partial charge >= 0.3 is 0 Å². The van der Waals surface area contributed by atoms with Crippen molar-refractivity contribution in [1.82, 2.24) is 19.2 Å². The quantitative estimate of drug-likeness (QED) is 0.346. The molecule has 5 rings (SSSR count). The van der Waals surface area contributed by atoms with Crippen molar-refractivity contribution in [3.8, 4) is 5.69 Å². The van der Waals surface area contributed by atoms with E-state index in [1.807, 2.05) is 78.9 Å². The number of carbonyl (C=O) groups excluding carboxylic acids is 1. The molecular formula is C27H25N5O2S. The van der Waals surface area contributed by atoms with Crippen LogP contribution in [-0.2, 0) is 11.2 Å². The fourth-order valence-corrected chi connectivity index (χ4v) is 4.89. The number of aryl methyl sites for hydroxylation is 3. The Morgan fingerprint density at radius 3 is 2.66 bits per heavy atom. The Bertz CT molecular complexity index is 1640. The summed E-state index contributed by atoms with van der Waals surface area (Å²) in [6.45, 7) is 6.04. The predicted octanol–water partition coefficient (Wildman–Crippen LogP) is 4.94. The van der Waals surface area contributed by atoms with Gasteiger partial charge in [-0.1, -0.05) is 55.1 Å². The Labute approximate surface area is 206 Å². The maximum atomic E-state index is 13.5. The second kappa shape index (κ2) is 9.38. The number of hydrogen-bond acceptors (Lipinski definition) is 5. The Hall–Kier alpha value is -3.91. The Kier molecular flexibility index (Phi) is 6.13. The van der Waals surface area contributed by atoms with Gasteiger partial charge in [-0.15, -0.1) is 10.2 Å². The minimum Gasteiger partial charge on any atom is -0.325 e. The van der Waals surface area contributed by atoms with Crippen LogP contribution in [-0.4, -0.2) is 30.8 Å². The monoisotopic (exact) mass is 483 g/mol. The van der Waals surface area contributed by atoms with Crippen molar-refractivity contribution in [3.05, 3.63) is 93.8 Å². The number of nitrogens with one attached hydrogen (secondary N) is 1. The molecule has 0 saturated heterocycles. The smallest absolute Gasteiger partial charge is 0.267 e. The van der Waals surface area contributed by atoms with E-state index in [4.69, 9.17) is 0 Å². The molecule has 176 valence electrons. The van der Waals surface area contributed by atoms with E-state index in [1.54, 1.807) is 10.6 Å². The fourth-order valence-electron chi connectivity index (χ4n) is 4.15. The van der Waals surface area contributed by atoms with Crippen molar-refractivity contribution in [3.63, 3.8) is 0 Å². The van der Waals surface area contributed by atoms with E-state index in [9.17, 15) is 9.59 Å². The summed E-state index contributed by atoms with van der Waals surface area (Å²) >= 11 is 1.29. The van der Waals surface area contributed by atoms with Crippen molar-refractivity contribution in [2.24, 2.45) is 0 Å². The minimum absolute atomic E-state index is 0.132. The zero-order chi connectivity index (χ0) is 24.5. The summed E-state index contributed by atoms with van der Waals surface area (Å²) in [5.74, 6) is 0.446. The minimum atomic E-state index is -0.153. The average Bonchev–Trinajstić information content (AvgIpc) is 3.29. The fraction of sp³-hybridized carbons (Fsp3) is 0.185. The highest BCUT2D eigenvalue weighted by atomic mass is 32.2. The molecule has 0 fully saturated rings. The van der Waals surface area contributed by atoms with Crippen LogP contribution in [0.3, 0.4) is 0 Å². The Balaban J connectivity index is 1.55. The van der Waals surface area contributed by atoms with Crippen molar-refractivity contribution >= 4 is 40.0 Å². The topological polar surface area (TPSA) is 81.3 Å². The first-order valence-electron chi connectivity index (χ1n) is 11.4. The molecule has 0 radical (unpaired) electrons. The van der Waals surface area contributed by atoms with Crippen molar-refractivity contribution in [2.45, 2.75) is 32.3 Å². The van der Waals surface area contributed by atoms with Crippen molar-refractivity contribution < 1.29 is 4.79 Å². The first kappa shape index (κ1) is 22.9. The van der Waals surface area contributed by atoms with Gasteiger partial charge in [-0.25, -0.2) is 4.57 Å².